The lowest BCUT2D eigenvalue weighted by molar-refractivity contribution is 0.230. The molecule has 1 saturated heterocycles. The van der Waals surface area contributed by atoms with E-state index in [9.17, 15) is 0 Å². The maximum Gasteiger partial charge on any atom is 0.0597 e. The molecule has 5 nitrogen and oxygen atoms in total. The summed E-state index contributed by atoms with van der Waals surface area (Å²) in [5, 5.41) is 4.43. The van der Waals surface area contributed by atoms with Crippen molar-refractivity contribution in [3.05, 3.63) is 17.5 Å². The van der Waals surface area contributed by atoms with Crippen LogP contribution >= 0.6 is 0 Å². The predicted octanol–water partition coefficient (Wildman–Crippen LogP) is 0.831. The Hall–Kier alpha value is -0.910. The quantitative estimate of drug-likeness (QED) is 0.867. The Morgan fingerprint density at radius 3 is 2.60 bits per heavy atom. The maximum atomic E-state index is 5.73. The van der Waals surface area contributed by atoms with Crippen molar-refractivity contribution in [2.45, 2.75) is 26.8 Å². The summed E-state index contributed by atoms with van der Waals surface area (Å²) in [5.41, 5.74) is 8.15. The minimum absolute atomic E-state index is 0.598. The highest BCUT2D eigenvalue weighted by atomic mass is 15.3. The van der Waals surface area contributed by atoms with E-state index >= 15 is 0 Å². The summed E-state index contributed by atoms with van der Waals surface area (Å²) in [4.78, 5) is 5.11. The molecule has 5 heteroatoms. The van der Waals surface area contributed by atoms with Gasteiger partial charge in [-0.15, -0.1) is 0 Å². The van der Waals surface area contributed by atoms with Crippen molar-refractivity contribution in [2.24, 2.45) is 18.7 Å². The van der Waals surface area contributed by atoms with Gasteiger partial charge in [-0.3, -0.25) is 9.58 Å². The first-order chi connectivity index (χ1) is 9.58. The second-order valence-electron chi connectivity index (χ2n) is 6.17. The van der Waals surface area contributed by atoms with Gasteiger partial charge in [0.15, 0.2) is 0 Å². The number of hydrogen-bond acceptors (Lipinski definition) is 4. The van der Waals surface area contributed by atoms with Gasteiger partial charge in [0.1, 0.15) is 0 Å². The minimum Gasteiger partial charge on any atom is -0.330 e. The molecule has 2 rings (SSSR count). The molecule has 0 radical (unpaired) electrons. The van der Waals surface area contributed by atoms with Crippen LogP contribution in [0.25, 0.3) is 0 Å². The highest BCUT2D eigenvalue weighted by Gasteiger charge is 2.17. The third-order valence-electron chi connectivity index (χ3n) is 4.14. The van der Waals surface area contributed by atoms with E-state index in [-0.39, 0.29) is 0 Å². The van der Waals surface area contributed by atoms with Crippen molar-refractivity contribution in [1.29, 1.82) is 0 Å². The lowest BCUT2D eigenvalue weighted by atomic mass is 10.1. The van der Waals surface area contributed by atoms with Crippen molar-refractivity contribution < 1.29 is 0 Å². The molecule has 1 aromatic heterocycles. The molecule has 1 aromatic rings. The summed E-state index contributed by atoms with van der Waals surface area (Å²) in [6.45, 7) is 11.9. The smallest absolute Gasteiger partial charge is 0.0597 e. The Balaban J connectivity index is 1.85. The van der Waals surface area contributed by atoms with Gasteiger partial charge in [0, 0.05) is 33.2 Å². The molecule has 1 fully saturated rings. The predicted molar refractivity (Wildman–Crippen MR) is 82.5 cm³/mol. The molecule has 0 aliphatic carbocycles. The molecule has 1 aliphatic heterocycles. The first-order valence-electron chi connectivity index (χ1n) is 7.72. The van der Waals surface area contributed by atoms with E-state index in [0.717, 1.165) is 38.4 Å². The van der Waals surface area contributed by atoms with E-state index in [0.29, 0.717) is 5.92 Å². The molecule has 0 bridgehead atoms. The van der Waals surface area contributed by atoms with Crippen LogP contribution in [0.4, 0.5) is 0 Å². The normalized spacial score (nSPS) is 20.0. The second kappa shape index (κ2) is 7.20. The van der Waals surface area contributed by atoms with Gasteiger partial charge >= 0.3 is 0 Å². The van der Waals surface area contributed by atoms with Gasteiger partial charge in [-0.25, -0.2) is 0 Å². The van der Waals surface area contributed by atoms with Crippen LogP contribution in [0.3, 0.4) is 0 Å². The Labute approximate surface area is 122 Å². The molecule has 0 aromatic carbocycles. The summed E-state index contributed by atoms with van der Waals surface area (Å²) < 4.78 is 2.01. The molecule has 2 heterocycles. The van der Waals surface area contributed by atoms with Crippen LogP contribution in [0.2, 0.25) is 0 Å². The standard InChI is InChI=1S/C15H29N5/c1-13(10-16)11-19-5-4-6-20(8-7-19)12-15-9-14(2)17-18(15)3/h9,13H,4-8,10-12,16H2,1-3H3. The SMILES string of the molecule is Cc1cc(CN2CCCN(CC(C)CN)CC2)n(C)n1. The van der Waals surface area contributed by atoms with E-state index in [1.165, 1.54) is 25.2 Å². The van der Waals surface area contributed by atoms with E-state index in [4.69, 9.17) is 5.73 Å². The highest BCUT2D eigenvalue weighted by molar-refractivity contribution is 5.08. The van der Waals surface area contributed by atoms with Crippen LogP contribution in [0, 0.1) is 12.8 Å². The first-order valence-corrected chi connectivity index (χ1v) is 7.72. The molecular weight excluding hydrogens is 250 g/mol. The largest absolute Gasteiger partial charge is 0.330 e. The molecule has 1 unspecified atom stereocenters. The summed E-state index contributed by atoms with van der Waals surface area (Å²) in [6.07, 6.45) is 1.24. The summed E-state index contributed by atoms with van der Waals surface area (Å²) in [6, 6.07) is 2.19. The molecule has 114 valence electrons. The van der Waals surface area contributed by atoms with Crippen LogP contribution in [-0.4, -0.2) is 58.8 Å². The zero-order valence-electron chi connectivity index (χ0n) is 13.2. The van der Waals surface area contributed by atoms with Crippen molar-refractivity contribution >= 4 is 0 Å². The van der Waals surface area contributed by atoms with Gasteiger partial charge in [-0.05, 0) is 45.0 Å². The van der Waals surface area contributed by atoms with Crippen LogP contribution in [0.5, 0.6) is 0 Å². The van der Waals surface area contributed by atoms with Crippen LogP contribution < -0.4 is 5.73 Å². The fourth-order valence-electron chi connectivity index (χ4n) is 2.92. The maximum absolute atomic E-state index is 5.73. The lowest BCUT2D eigenvalue weighted by Gasteiger charge is -2.24. The van der Waals surface area contributed by atoms with E-state index in [1.807, 2.05) is 11.7 Å². The molecule has 0 saturated carbocycles. The Kier molecular flexibility index (Phi) is 5.57. The number of aryl methyl sites for hydroxylation is 2. The first kappa shape index (κ1) is 15.5. The Bertz CT molecular complexity index is 414. The topological polar surface area (TPSA) is 50.3 Å². The highest BCUT2D eigenvalue weighted by Crippen LogP contribution is 2.11. The lowest BCUT2D eigenvalue weighted by Crippen LogP contribution is -2.35. The van der Waals surface area contributed by atoms with Crippen molar-refractivity contribution in [3.63, 3.8) is 0 Å². The Morgan fingerprint density at radius 2 is 1.95 bits per heavy atom. The van der Waals surface area contributed by atoms with Crippen LogP contribution in [-0.2, 0) is 13.6 Å². The number of rotatable bonds is 5. The van der Waals surface area contributed by atoms with Crippen LogP contribution in [0.1, 0.15) is 24.7 Å². The monoisotopic (exact) mass is 279 g/mol. The van der Waals surface area contributed by atoms with Crippen LogP contribution in [0.15, 0.2) is 6.07 Å². The number of nitrogens with zero attached hydrogens (tertiary/aromatic N) is 4. The van der Waals surface area contributed by atoms with E-state index < -0.39 is 0 Å². The zero-order chi connectivity index (χ0) is 14.5. The molecule has 1 atom stereocenters. The zero-order valence-corrected chi connectivity index (χ0v) is 13.2. The summed E-state index contributed by atoms with van der Waals surface area (Å²) >= 11 is 0. The Morgan fingerprint density at radius 1 is 1.25 bits per heavy atom. The number of aromatic nitrogens is 2. The molecule has 0 spiro atoms. The summed E-state index contributed by atoms with van der Waals surface area (Å²) in [5.74, 6) is 0.598. The molecule has 0 amide bonds. The van der Waals surface area contributed by atoms with Gasteiger partial charge < -0.3 is 10.6 Å². The second-order valence-corrected chi connectivity index (χ2v) is 6.17. The summed E-state index contributed by atoms with van der Waals surface area (Å²) in [7, 11) is 2.04. The van der Waals surface area contributed by atoms with Gasteiger partial charge in [0.25, 0.3) is 0 Å². The van der Waals surface area contributed by atoms with Crippen molar-refractivity contribution in [2.75, 3.05) is 39.3 Å². The fraction of sp³-hybridized carbons (Fsp3) is 0.800. The van der Waals surface area contributed by atoms with Gasteiger partial charge in [-0.2, -0.15) is 5.10 Å². The van der Waals surface area contributed by atoms with Crippen molar-refractivity contribution in [3.8, 4) is 0 Å². The average Bonchev–Trinajstić information content (AvgIpc) is 2.61. The van der Waals surface area contributed by atoms with E-state index in [2.05, 4.69) is 34.8 Å². The fourth-order valence-corrected chi connectivity index (χ4v) is 2.92. The van der Waals surface area contributed by atoms with Gasteiger partial charge in [-0.1, -0.05) is 6.92 Å². The minimum atomic E-state index is 0.598. The number of hydrogen-bond donors (Lipinski definition) is 1. The molecule has 2 N–H and O–H groups in total. The van der Waals surface area contributed by atoms with E-state index in [1.54, 1.807) is 0 Å². The van der Waals surface area contributed by atoms with Gasteiger partial charge in [0.05, 0.1) is 11.4 Å². The molecule has 1 aliphatic rings. The number of nitrogens with two attached hydrogens (primary N) is 1. The van der Waals surface area contributed by atoms with Gasteiger partial charge in [0.2, 0.25) is 0 Å². The van der Waals surface area contributed by atoms with Crippen molar-refractivity contribution in [1.82, 2.24) is 19.6 Å². The average molecular weight is 279 g/mol. The third kappa shape index (κ3) is 4.30. The molecular formula is C15H29N5. The third-order valence-corrected chi connectivity index (χ3v) is 4.14. The molecule has 20 heavy (non-hydrogen) atoms.